The van der Waals surface area contributed by atoms with Crippen molar-refractivity contribution in [3.63, 3.8) is 0 Å². The third kappa shape index (κ3) is 4.80. The molecule has 0 amide bonds. The Bertz CT molecular complexity index is 401. The molecule has 3 atom stereocenters. The molecule has 1 saturated heterocycles. The summed E-state index contributed by atoms with van der Waals surface area (Å²) in [5.41, 5.74) is 2.53. The van der Waals surface area contributed by atoms with E-state index in [1.54, 1.807) is 0 Å². The molecule has 1 aromatic rings. The van der Waals surface area contributed by atoms with Crippen molar-refractivity contribution >= 4 is 0 Å². The van der Waals surface area contributed by atoms with Gasteiger partial charge in [0, 0.05) is 0 Å². The van der Waals surface area contributed by atoms with Crippen molar-refractivity contribution in [2.45, 2.75) is 70.2 Å². The average Bonchev–Trinajstić information content (AvgIpc) is 2.53. The molecule has 1 aliphatic heterocycles. The maximum atomic E-state index is 9.73. The number of aliphatic hydroxyl groups is 2. The molecule has 3 heteroatoms. The van der Waals surface area contributed by atoms with Crippen LogP contribution in [0.4, 0.5) is 0 Å². The summed E-state index contributed by atoms with van der Waals surface area (Å²) < 4.78 is 5.79. The lowest BCUT2D eigenvalue weighted by Gasteiger charge is -2.33. The Kier molecular flexibility index (Phi) is 6.68. The maximum absolute atomic E-state index is 9.73. The largest absolute Gasteiger partial charge is 0.394 e. The first kappa shape index (κ1) is 16.5. The van der Waals surface area contributed by atoms with Crippen LogP contribution in [0.25, 0.3) is 0 Å². The molecule has 0 radical (unpaired) electrons. The third-order valence-corrected chi connectivity index (χ3v) is 4.34. The van der Waals surface area contributed by atoms with Gasteiger partial charge in [0.25, 0.3) is 0 Å². The first-order chi connectivity index (χ1) is 10.2. The van der Waals surface area contributed by atoms with Gasteiger partial charge in [0.2, 0.25) is 0 Å². The fourth-order valence-corrected chi connectivity index (χ4v) is 2.94. The molecular weight excluding hydrogens is 264 g/mol. The minimum Gasteiger partial charge on any atom is -0.394 e. The number of hydrogen-bond donors (Lipinski definition) is 2. The summed E-state index contributed by atoms with van der Waals surface area (Å²) in [7, 11) is 0. The van der Waals surface area contributed by atoms with E-state index in [2.05, 4.69) is 31.2 Å². The monoisotopic (exact) mass is 292 g/mol. The summed E-state index contributed by atoms with van der Waals surface area (Å²) in [6, 6.07) is 8.63. The highest BCUT2D eigenvalue weighted by molar-refractivity contribution is 5.24. The van der Waals surface area contributed by atoms with E-state index in [1.165, 1.54) is 31.2 Å². The molecule has 0 aromatic heterocycles. The Morgan fingerprint density at radius 2 is 1.86 bits per heavy atom. The van der Waals surface area contributed by atoms with Crippen molar-refractivity contribution in [1.29, 1.82) is 0 Å². The zero-order valence-electron chi connectivity index (χ0n) is 13.0. The standard InChI is InChI=1S/C18H28O3/c1-2-3-4-5-6-14-7-9-15(10-8-14)17-12-11-16(20)18(13-19)21-17/h7-10,16-20H,2-6,11-13H2,1H3/t16-,17-,18+/m0/s1. The number of hydrogen-bond acceptors (Lipinski definition) is 3. The predicted octanol–water partition coefficient (Wildman–Crippen LogP) is 3.38. The molecule has 21 heavy (non-hydrogen) atoms. The molecule has 0 bridgehead atoms. The van der Waals surface area contributed by atoms with E-state index in [1.807, 2.05) is 0 Å². The SMILES string of the molecule is CCCCCCc1ccc([C@@H]2CC[C@H](O)[C@@H](CO)O2)cc1. The van der Waals surface area contributed by atoms with Gasteiger partial charge in [-0.25, -0.2) is 0 Å². The Morgan fingerprint density at radius 1 is 1.10 bits per heavy atom. The highest BCUT2D eigenvalue weighted by Gasteiger charge is 2.29. The van der Waals surface area contributed by atoms with Crippen molar-refractivity contribution in [3.05, 3.63) is 35.4 Å². The summed E-state index contributed by atoms with van der Waals surface area (Å²) in [6.45, 7) is 2.11. The first-order valence-electron chi connectivity index (χ1n) is 8.27. The molecular formula is C18H28O3. The Balaban J connectivity index is 1.86. The van der Waals surface area contributed by atoms with E-state index in [0.29, 0.717) is 6.42 Å². The quantitative estimate of drug-likeness (QED) is 0.757. The fourth-order valence-electron chi connectivity index (χ4n) is 2.94. The fraction of sp³-hybridized carbons (Fsp3) is 0.667. The Labute approximate surface area is 128 Å². The van der Waals surface area contributed by atoms with Crippen LogP contribution < -0.4 is 0 Å². The number of ether oxygens (including phenoxy) is 1. The van der Waals surface area contributed by atoms with Crippen LogP contribution in [0.5, 0.6) is 0 Å². The van der Waals surface area contributed by atoms with Crippen molar-refractivity contribution in [3.8, 4) is 0 Å². The van der Waals surface area contributed by atoms with E-state index in [9.17, 15) is 10.2 Å². The van der Waals surface area contributed by atoms with E-state index in [0.717, 1.165) is 18.4 Å². The molecule has 0 aliphatic carbocycles. The summed E-state index contributed by atoms with van der Waals surface area (Å²) >= 11 is 0. The normalized spacial score (nSPS) is 26.0. The van der Waals surface area contributed by atoms with E-state index in [4.69, 9.17) is 4.74 Å². The second kappa shape index (κ2) is 8.52. The zero-order chi connectivity index (χ0) is 15.1. The van der Waals surface area contributed by atoms with Crippen LogP contribution in [0, 0.1) is 0 Å². The second-order valence-corrected chi connectivity index (χ2v) is 6.04. The lowest BCUT2D eigenvalue weighted by Crippen LogP contribution is -2.38. The van der Waals surface area contributed by atoms with Gasteiger partial charge in [-0.2, -0.15) is 0 Å². The summed E-state index contributed by atoms with van der Waals surface area (Å²) in [5, 5.41) is 19.0. The lowest BCUT2D eigenvalue weighted by atomic mass is 9.95. The minimum atomic E-state index is -0.538. The topological polar surface area (TPSA) is 49.7 Å². The van der Waals surface area contributed by atoms with Crippen LogP contribution >= 0.6 is 0 Å². The van der Waals surface area contributed by atoms with Gasteiger partial charge in [-0.1, -0.05) is 50.5 Å². The molecule has 1 heterocycles. The zero-order valence-corrected chi connectivity index (χ0v) is 13.0. The molecule has 1 aliphatic rings. The number of rotatable bonds is 7. The number of aryl methyl sites for hydroxylation is 1. The van der Waals surface area contributed by atoms with Gasteiger partial charge in [-0.15, -0.1) is 0 Å². The molecule has 118 valence electrons. The first-order valence-corrected chi connectivity index (χ1v) is 8.27. The van der Waals surface area contributed by atoms with Crippen molar-refractivity contribution in [1.82, 2.24) is 0 Å². The Morgan fingerprint density at radius 3 is 2.52 bits per heavy atom. The van der Waals surface area contributed by atoms with Crippen LogP contribution in [-0.2, 0) is 11.2 Å². The van der Waals surface area contributed by atoms with Crippen molar-refractivity contribution < 1.29 is 14.9 Å². The minimum absolute atomic E-state index is 0.000286. The van der Waals surface area contributed by atoms with E-state index >= 15 is 0 Å². The van der Waals surface area contributed by atoms with Crippen LogP contribution in [0.15, 0.2) is 24.3 Å². The van der Waals surface area contributed by atoms with E-state index in [-0.39, 0.29) is 12.7 Å². The van der Waals surface area contributed by atoms with Crippen LogP contribution in [-0.4, -0.2) is 29.0 Å². The highest BCUT2D eigenvalue weighted by Crippen LogP contribution is 2.31. The third-order valence-electron chi connectivity index (χ3n) is 4.34. The van der Waals surface area contributed by atoms with Gasteiger partial charge in [-0.05, 0) is 36.8 Å². The van der Waals surface area contributed by atoms with Gasteiger partial charge in [0.1, 0.15) is 6.10 Å². The van der Waals surface area contributed by atoms with Gasteiger partial charge in [0.15, 0.2) is 0 Å². The lowest BCUT2D eigenvalue weighted by molar-refractivity contribution is -0.135. The van der Waals surface area contributed by atoms with Crippen molar-refractivity contribution in [2.75, 3.05) is 6.61 Å². The average molecular weight is 292 g/mol. The van der Waals surface area contributed by atoms with Crippen LogP contribution in [0.1, 0.15) is 62.7 Å². The summed E-state index contributed by atoms with van der Waals surface area (Å²) in [6.07, 6.45) is 6.81. The molecule has 1 aromatic carbocycles. The maximum Gasteiger partial charge on any atom is 0.107 e. The summed E-state index contributed by atoms with van der Waals surface area (Å²) in [4.78, 5) is 0. The Hall–Kier alpha value is -0.900. The summed E-state index contributed by atoms with van der Waals surface area (Å²) in [5.74, 6) is 0. The van der Waals surface area contributed by atoms with Crippen LogP contribution in [0.2, 0.25) is 0 Å². The van der Waals surface area contributed by atoms with Gasteiger partial charge >= 0.3 is 0 Å². The van der Waals surface area contributed by atoms with Gasteiger partial charge in [0.05, 0.1) is 18.8 Å². The molecule has 0 unspecified atom stereocenters. The predicted molar refractivity (Wildman–Crippen MR) is 84.2 cm³/mol. The van der Waals surface area contributed by atoms with Crippen LogP contribution in [0.3, 0.4) is 0 Å². The number of unbranched alkanes of at least 4 members (excludes halogenated alkanes) is 3. The molecule has 3 nitrogen and oxygen atoms in total. The molecule has 0 spiro atoms. The second-order valence-electron chi connectivity index (χ2n) is 6.04. The van der Waals surface area contributed by atoms with Gasteiger partial charge < -0.3 is 14.9 Å². The smallest absolute Gasteiger partial charge is 0.107 e. The van der Waals surface area contributed by atoms with E-state index < -0.39 is 12.2 Å². The molecule has 2 rings (SSSR count). The molecule has 0 saturated carbocycles. The van der Waals surface area contributed by atoms with Gasteiger partial charge in [-0.3, -0.25) is 0 Å². The highest BCUT2D eigenvalue weighted by atomic mass is 16.5. The van der Waals surface area contributed by atoms with Crippen molar-refractivity contribution in [2.24, 2.45) is 0 Å². The number of aliphatic hydroxyl groups excluding tert-OH is 2. The molecule has 1 fully saturated rings. The molecule has 2 N–H and O–H groups in total. The number of benzene rings is 1.